The second-order valence-corrected chi connectivity index (χ2v) is 11.0. The molecule has 0 bridgehead atoms. The summed E-state index contributed by atoms with van der Waals surface area (Å²) in [5, 5.41) is 0. The number of unbranched alkanes of at least 4 members (excludes halogenated alkanes) is 6. The van der Waals surface area contributed by atoms with Crippen molar-refractivity contribution in [3.63, 3.8) is 0 Å². The summed E-state index contributed by atoms with van der Waals surface area (Å²) in [5.41, 5.74) is 2.45. The molecule has 0 spiro atoms. The van der Waals surface area contributed by atoms with Gasteiger partial charge in [0, 0.05) is 38.6 Å². The molecule has 0 aliphatic rings. The van der Waals surface area contributed by atoms with E-state index in [0.29, 0.717) is 23.7 Å². The van der Waals surface area contributed by atoms with Crippen LogP contribution in [0, 0.1) is 6.92 Å². The average molecular weight is 737 g/mol. The number of aldehydes is 4. The van der Waals surface area contributed by atoms with Crippen LogP contribution in [0.3, 0.4) is 0 Å². The van der Waals surface area contributed by atoms with E-state index < -0.39 is 0 Å². The molecular weight excluding hydrogens is 676 g/mol. The van der Waals surface area contributed by atoms with E-state index in [9.17, 15) is 9.59 Å². The van der Waals surface area contributed by atoms with Gasteiger partial charge in [0.1, 0.15) is 48.1 Å². The highest BCUT2D eigenvalue weighted by Gasteiger charge is 1.99. The topological polar surface area (TPSA) is 124 Å². The minimum absolute atomic E-state index is 0.639. The molecule has 3 aromatic rings. The smallest absolute Gasteiger partial charge is 0.150 e. The maximum absolute atomic E-state index is 10.5. The lowest BCUT2D eigenvalue weighted by Crippen LogP contribution is -1.98. The van der Waals surface area contributed by atoms with Crippen LogP contribution in [0.2, 0.25) is 0 Å². The summed E-state index contributed by atoms with van der Waals surface area (Å²) in [6.45, 7) is 11.4. The van der Waals surface area contributed by atoms with E-state index >= 15 is 0 Å². The minimum atomic E-state index is 0.639. The molecule has 0 aromatic heterocycles. The molecule has 0 atom stereocenters. The van der Waals surface area contributed by atoms with Crippen LogP contribution in [0.1, 0.15) is 77.6 Å². The van der Waals surface area contributed by atoms with E-state index in [1.807, 2.05) is 49.4 Å². The van der Waals surface area contributed by atoms with E-state index in [0.717, 1.165) is 106 Å². The molecule has 0 radical (unpaired) electrons. The van der Waals surface area contributed by atoms with Crippen molar-refractivity contribution >= 4 is 25.1 Å². The Morgan fingerprint density at radius 1 is 0.491 bits per heavy atom. The van der Waals surface area contributed by atoms with Gasteiger partial charge >= 0.3 is 0 Å². The quantitative estimate of drug-likeness (QED) is 0.0561. The van der Waals surface area contributed by atoms with E-state index in [4.69, 9.17) is 38.0 Å². The first-order valence-electron chi connectivity index (χ1n) is 17.5. The summed E-state index contributed by atoms with van der Waals surface area (Å²) in [7, 11) is 6.77. The van der Waals surface area contributed by atoms with Gasteiger partial charge in [-0.25, -0.2) is 0 Å². The molecule has 0 heterocycles. The number of rotatable bonds is 22. The average Bonchev–Trinajstić information content (AvgIpc) is 3.21. The second-order valence-electron chi connectivity index (χ2n) is 11.0. The van der Waals surface area contributed by atoms with Gasteiger partial charge in [-0.2, -0.15) is 0 Å². The van der Waals surface area contributed by atoms with Crippen LogP contribution in [0.5, 0.6) is 23.0 Å². The van der Waals surface area contributed by atoms with Gasteiger partial charge < -0.3 is 28.4 Å². The second kappa shape index (κ2) is 38.2. The minimum Gasteiger partial charge on any atom is -0.497 e. The molecule has 10 nitrogen and oxygen atoms in total. The molecule has 3 aromatic carbocycles. The molecule has 0 unspecified atom stereocenters. The zero-order valence-corrected chi connectivity index (χ0v) is 32.3. The van der Waals surface area contributed by atoms with Gasteiger partial charge in [-0.05, 0) is 130 Å². The number of hydrogen-bond donors (Lipinski definition) is 0. The van der Waals surface area contributed by atoms with Gasteiger partial charge in [0.2, 0.25) is 0 Å². The number of carbonyl (C=O) groups is 4. The number of aryl methyl sites for hydroxylation is 1. The molecule has 53 heavy (non-hydrogen) atoms. The first kappa shape index (κ1) is 50.0. The first-order chi connectivity index (χ1) is 25.8. The molecule has 0 aliphatic carbocycles. The first-order valence-corrected chi connectivity index (χ1v) is 17.5. The largest absolute Gasteiger partial charge is 0.497 e. The fourth-order valence-corrected chi connectivity index (χ4v) is 4.05. The number of methoxy groups -OCH3 is 4. The van der Waals surface area contributed by atoms with E-state index in [1.54, 1.807) is 52.7 Å². The van der Waals surface area contributed by atoms with Crippen molar-refractivity contribution in [1.29, 1.82) is 0 Å². The molecule has 0 saturated carbocycles. The Kier molecular flexibility index (Phi) is 36.1. The third kappa shape index (κ3) is 30.3. The zero-order valence-electron chi connectivity index (χ0n) is 32.3. The standard InChI is InChI=1S/2C14H20O3.C9H12O2.2C3H4O/c2*1-16-10-4-2-3-5-11-17-14-8-6-13(12-15)7-9-14;1-7-6-8(10-2)4-5-9(7)11-3;2*1-2-3-4/h2*6-9,12H,2-5,10-11H2,1H3;4-6H,1-3H3;2*2-3H,1H2. The fourth-order valence-electron chi connectivity index (χ4n) is 4.05. The normalized spacial score (nSPS) is 9.23. The van der Waals surface area contributed by atoms with Gasteiger partial charge in [0.15, 0.2) is 0 Å². The summed E-state index contributed by atoms with van der Waals surface area (Å²) >= 11 is 0. The molecule has 292 valence electrons. The van der Waals surface area contributed by atoms with Crippen LogP contribution in [0.4, 0.5) is 0 Å². The lowest BCUT2D eigenvalue weighted by Gasteiger charge is -2.06. The maximum atomic E-state index is 10.5. The van der Waals surface area contributed by atoms with Crippen LogP contribution < -0.4 is 18.9 Å². The predicted octanol–water partition coefficient (Wildman–Crippen LogP) is 8.92. The number of allylic oxidation sites excluding steroid dienone is 2. The maximum Gasteiger partial charge on any atom is 0.150 e. The van der Waals surface area contributed by atoms with Crippen LogP contribution >= 0.6 is 0 Å². The van der Waals surface area contributed by atoms with Gasteiger partial charge in [0.05, 0.1) is 27.4 Å². The number of carbonyl (C=O) groups excluding carboxylic acids is 4. The highest BCUT2D eigenvalue weighted by molar-refractivity contribution is 5.75. The monoisotopic (exact) mass is 736 g/mol. The third-order valence-electron chi connectivity index (χ3n) is 6.85. The Balaban J connectivity index is 0. The van der Waals surface area contributed by atoms with Crippen LogP contribution in [0.15, 0.2) is 92.0 Å². The Hall–Kier alpha value is -5.06. The number of ether oxygens (including phenoxy) is 6. The Morgan fingerprint density at radius 3 is 1.13 bits per heavy atom. The van der Waals surface area contributed by atoms with Gasteiger partial charge in [-0.1, -0.05) is 26.0 Å². The molecule has 0 saturated heterocycles. The van der Waals surface area contributed by atoms with Crippen LogP contribution in [-0.4, -0.2) is 80.0 Å². The van der Waals surface area contributed by atoms with E-state index in [-0.39, 0.29) is 0 Å². The summed E-state index contributed by atoms with van der Waals surface area (Å²) in [4.78, 5) is 39.0. The summed E-state index contributed by atoms with van der Waals surface area (Å²) in [6.07, 6.45) is 14.4. The van der Waals surface area contributed by atoms with Gasteiger partial charge in [-0.3, -0.25) is 19.2 Å². The van der Waals surface area contributed by atoms with Gasteiger partial charge in [-0.15, -0.1) is 0 Å². The van der Waals surface area contributed by atoms with Crippen molar-refractivity contribution in [1.82, 2.24) is 0 Å². The van der Waals surface area contributed by atoms with Crippen molar-refractivity contribution in [2.24, 2.45) is 0 Å². The van der Waals surface area contributed by atoms with Crippen LogP contribution in [0.25, 0.3) is 0 Å². The fraction of sp³-hybridized carbons (Fsp3) is 0.395. The lowest BCUT2D eigenvalue weighted by atomic mass is 10.2. The van der Waals surface area contributed by atoms with Crippen molar-refractivity contribution < 1.29 is 47.6 Å². The Labute approximate surface area is 317 Å². The summed E-state index contributed by atoms with van der Waals surface area (Å²) in [5.74, 6) is 3.41. The molecule has 0 fully saturated rings. The third-order valence-corrected chi connectivity index (χ3v) is 6.85. The Bertz CT molecular complexity index is 1250. The van der Waals surface area contributed by atoms with Crippen molar-refractivity contribution in [2.45, 2.75) is 58.3 Å². The molecule has 3 rings (SSSR count). The molecule has 0 N–H and O–H groups in total. The van der Waals surface area contributed by atoms with Crippen molar-refractivity contribution in [3.05, 3.63) is 109 Å². The molecule has 0 aliphatic heterocycles. The highest BCUT2D eigenvalue weighted by atomic mass is 16.5. The molecule has 10 heteroatoms. The van der Waals surface area contributed by atoms with E-state index in [2.05, 4.69) is 13.2 Å². The number of benzene rings is 3. The molecular formula is C43H60O10. The number of hydrogen-bond acceptors (Lipinski definition) is 10. The summed E-state index contributed by atoms with van der Waals surface area (Å²) < 4.78 is 31.2. The van der Waals surface area contributed by atoms with Crippen molar-refractivity contribution in [2.75, 3.05) is 54.9 Å². The molecule has 0 amide bonds. The highest BCUT2D eigenvalue weighted by Crippen LogP contribution is 2.22. The zero-order chi connectivity index (χ0) is 39.8. The van der Waals surface area contributed by atoms with Crippen LogP contribution in [-0.2, 0) is 19.1 Å². The SMILES string of the molecule is C=CC=O.C=CC=O.COCCCCCCOc1ccc(C=O)cc1.COCCCCCCOc1ccc(C=O)cc1.COc1ccc(OC)c(C)c1. The Morgan fingerprint density at radius 2 is 0.849 bits per heavy atom. The van der Waals surface area contributed by atoms with E-state index in [1.165, 1.54) is 25.0 Å². The van der Waals surface area contributed by atoms with Crippen molar-refractivity contribution in [3.8, 4) is 23.0 Å². The van der Waals surface area contributed by atoms with Gasteiger partial charge in [0.25, 0.3) is 0 Å². The summed E-state index contributed by atoms with van der Waals surface area (Å²) in [6, 6.07) is 20.1. The predicted molar refractivity (Wildman–Crippen MR) is 212 cm³/mol. The lowest BCUT2D eigenvalue weighted by molar-refractivity contribution is -0.104.